The highest BCUT2D eigenvalue weighted by Crippen LogP contribution is 2.11. The number of unbranched alkanes of at least 4 members (excludes halogenated alkanes) is 10. The molecule has 0 amide bonds. The normalized spacial score (nSPS) is 10.5. The fraction of sp³-hybridized carbons (Fsp3) is 0.789. The number of ether oxygens (including phenoxy) is 2. The molecule has 0 saturated heterocycles. The van der Waals surface area contributed by atoms with E-state index in [0.29, 0.717) is 6.42 Å². The highest BCUT2D eigenvalue weighted by Gasteiger charge is 2.10. The summed E-state index contributed by atoms with van der Waals surface area (Å²) in [7, 11) is 0. The summed E-state index contributed by atoms with van der Waals surface area (Å²) in [4.78, 5) is 20.9. The van der Waals surface area contributed by atoms with Gasteiger partial charge >= 0.3 is 11.9 Å². The largest absolute Gasteiger partial charge is 0.480 e. The van der Waals surface area contributed by atoms with Crippen molar-refractivity contribution in [1.29, 1.82) is 0 Å². The van der Waals surface area contributed by atoms with E-state index in [-0.39, 0.29) is 0 Å². The zero-order chi connectivity index (χ0) is 18.8. The predicted octanol–water partition coefficient (Wildman–Crippen LogP) is 3.83. The smallest absolute Gasteiger partial charge is 0.329 e. The minimum absolute atomic E-state index is 0.572. The molecule has 0 atom stereocenters. The monoisotopic (exact) mass is 356 g/mol. The summed E-state index contributed by atoms with van der Waals surface area (Å²) in [5.41, 5.74) is 0. The SMILES string of the molecule is CCCCCCCCCCCCC#CC(OCC(=O)O)OCC(=O)O. The number of carbonyl (C=O) groups is 2. The average Bonchev–Trinajstić information content (AvgIpc) is 2.57. The summed E-state index contributed by atoms with van der Waals surface area (Å²) in [5, 5.41) is 17.1. The summed E-state index contributed by atoms with van der Waals surface area (Å²) < 4.78 is 9.79. The molecule has 0 spiro atoms. The van der Waals surface area contributed by atoms with Gasteiger partial charge < -0.3 is 19.7 Å². The molecule has 0 aromatic carbocycles. The van der Waals surface area contributed by atoms with E-state index in [4.69, 9.17) is 19.7 Å². The van der Waals surface area contributed by atoms with Gasteiger partial charge in [-0.25, -0.2) is 9.59 Å². The number of hydrogen-bond donors (Lipinski definition) is 2. The van der Waals surface area contributed by atoms with E-state index in [2.05, 4.69) is 18.8 Å². The van der Waals surface area contributed by atoms with Crippen LogP contribution in [0, 0.1) is 11.8 Å². The van der Waals surface area contributed by atoms with Gasteiger partial charge in [0.2, 0.25) is 6.29 Å². The zero-order valence-corrected chi connectivity index (χ0v) is 15.3. The molecular weight excluding hydrogens is 324 g/mol. The summed E-state index contributed by atoms with van der Waals surface area (Å²) in [6, 6.07) is 0. The Bertz CT molecular complexity index is 392. The molecule has 0 saturated carbocycles. The van der Waals surface area contributed by atoms with Gasteiger partial charge in [0, 0.05) is 6.42 Å². The third-order valence-corrected chi connectivity index (χ3v) is 3.59. The van der Waals surface area contributed by atoms with E-state index in [1.807, 2.05) is 0 Å². The van der Waals surface area contributed by atoms with E-state index in [9.17, 15) is 9.59 Å². The first kappa shape index (κ1) is 23.4. The van der Waals surface area contributed by atoms with Crippen LogP contribution in [0.2, 0.25) is 0 Å². The first-order chi connectivity index (χ1) is 12.1. The second-order valence-corrected chi connectivity index (χ2v) is 5.99. The van der Waals surface area contributed by atoms with Gasteiger partial charge in [-0.3, -0.25) is 0 Å². The van der Waals surface area contributed by atoms with E-state index in [0.717, 1.165) is 12.8 Å². The Morgan fingerprint density at radius 3 is 1.68 bits per heavy atom. The summed E-state index contributed by atoms with van der Waals surface area (Å²) in [5.74, 6) is 3.21. The van der Waals surface area contributed by atoms with Crippen LogP contribution in [0.3, 0.4) is 0 Å². The van der Waals surface area contributed by atoms with Crippen molar-refractivity contribution in [2.24, 2.45) is 0 Å². The van der Waals surface area contributed by atoms with Gasteiger partial charge in [-0.05, 0) is 12.3 Å². The Hall–Kier alpha value is -1.58. The Labute approximate surface area is 150 Å². The fourth-order valence-electron chi connectivity index (χ4n) is 2.28. The predicted molar refractivity (Wildman–Crippen MR) is 95.2 cm³/mol. The van der Waals surface area contributed by atoms with Crippen molar-refractivity contribution in [3.8, 4) is 11.8 Å². The third-order valence-electron chi connectivity index (χ3n) is 3.59. The molecule has 144 valence electrons. The van der Waals surface area contributed by atoms with Crippen LogP contribution in [0.5, 0.6) is 0 Å². The quantitative estimate of drug-likeness (QED) is 0.248. The van der Waals surface area contributed by atoms with Gasteiger partial charge in [-0.1, -0.05) is 70.6 Å². The molecule has 25 heavy (non-hydrogen) atoms. The summed E-state index contributed by atoms with van der Waals surface area (Å²) in [6.07, 6.45) is 12.0. The Kier molecular flexibility index (Phi) is 16.2. The van der Waals surface area contributed by atoms with Gasteiger partial charge in [-0.15, -0.1) is 0 Å². The van der Waals surface area contributed by atoms with E-state index in [1.54, 1.807) is 0 Å². The zero-order valence-electron chi connectivity index (χ0n) is 15.3. The van der Waals surface area contributed by atoms with Gasteiger partial charge in [-0.2, -0.15) is 0 Å². The number of aliphatic carboxylic acids is 2. The van der Waals surface area contributed by atoms with Gasteiger partial charge in [0.15, 0.2) is 0 Å². The Morgan fingerprint density at radius 2 is 1.24 bits per heavy atom. The molecule has 0 aromatic heterocycles. The minimum Gasteiger partial charge on any atom is -0.480 e. The fourth-order valence-corrected chi connectivity index (χ4v) is 2.28. The van der Waals surface area contributed by atoms with Crippen LogP contribution in [0.25, 0.3) is 0 Å². The number of hydrogen-bond acceptors (Lipinski definition) is 4. The molecule has 0 aromatic rings. The first-order valence-electron chi connectivity index (χ1n) is 9.21. The maximum atomic E-state index is 10.5. The van der Waals surface area contributed by atoms with Crippen LogP contribution < -0.4 is 0 Å². The van der Waals surface area contributed by atoms with Crippen molar-refractivity contribution in [1.82, 2.24) is 0 Å². The number of rotatable bonds is 16. The maximum absolute atomic E-state index is 10.5. The molecule has 0 aliphatic carbocycles. The molecule has 0 fully saturated rings. The molecule has 0 unspecified atom stereocenters. The second kappa shape index (κ2) is 17.2. The maximum Gasteiger partial charge on any atom is 0.329 e. The van der Waals surface area contributed by atoms with E-state index in [1.165, 1.54) is 51.4 Å². The second-order valence-electron chi connectivity index (χ2n) is 5.99. The van der Waals surface area contributed by atoms with Crippen LogP contribution in [0.1, 0.15) is 77.6 Å². The average molecular weight is 356 g/mol. The highest BCUT2D eigenvalue weighted by atomic mass is 16.7. The molecule has 0 aliphatic heterocycles. The lowest BCUT2D eigenvalue weighted by Gasteiger charge is -2.09. The lowest BCUT2D eigenvalue weighted by atomic mass is 10.1. The molecule has 0 bridgehead atoms. The standard InChI is InChI=1S/C19H32O6/c1-2-3-4-5-6-7-8-9-10-11-12-13-14-19(24-15-17(20)21)25-16-18(22)23/h19H,2-12,15-16H2,1H3,(H,20,21)(H,22,23). The summed E-state index contributed by atoms with van der Waals surface area (Å²) in [6.45, 7) is 1.08. The van der Waals surface area contributed by atoms with Crippen molar-refractivity contribution in [3.63, 3.8) is 0 Å². The van der Waals surface area contributed by atoms with Crippen molar-refractivity contribution in [2.75, 3.05) is 13.2 Å². The Morgan fingerprint density at radius 1 is 0.800 bits per heavy atom. The lowest BCUT2D eigenvalue weighted by Crippen LogP contribution is -2.22. The van der Waals surface area contributed by atoms with E-state index < -0.39 is 31.4 Å². The van der Waals surface area contributed by atoms with Crippen LogP contribution >= 0.6 is 0 Å². The Balaban J connectivity index is 3.73. The van der Waals surface area contributed by atoms with Crippen LogP contribution in [-0.2, 0) is 19.1 Å². The van der Waals surface area contributed by atoms with Crippen molar-refractivity contribution >= 4 is 11.9 Å². The molecule has 0 aliphatic rings. The van der Waals surface area contributed by atoms with Gasteiger partial charge in [0.25, 0.3) is 0 Å². The first-order valence-corrected chi connectivity index (χ1v) is 9.21. The van der Waals surface area contributed by atoms with Crippen LogP contribution in [0.15, 0.2) is 0 Å². The molecule has 2 N–H and O–H groups in total. The van der Waals surface area contributed by atoms with Crippen molar-refractivity contribution < 1.29 is 29.3 Å². The van der Waals surface area contributed by atoms with Gasteiger partial charge in [0.05, 0.1) is 0 Å². The lowest BCUT2D eigenvalue weighted by molar-refractivity contribution is -0.164. The molecule has 0 rings (SSSR count). The van der Waals surface area contributed by atoms with E-state index >= 15 is 0 Å². The van der Waals surface area contributed by atoms with Crippen molar-refractivity contribution in [2.45, 2.75) is 83.8 Å². The molecule has 0 radical (unpaired) electrons. The number of carboxylic acid groups (broad SMARTS) is 2. The summed E-state index contributed by atoms with van der Waals surface area (Å²) >= 11 is 0. The molecule has 6 nitrogen and oxygen atoms in total. The minimum atomic E-state index is -1.15. The topological polar surface area (TPSA) is 93.1 Å². The van der Waals surface area contributed by atoms with Gasteiger partial charge in [0.1, 0.15) is 13.2 Å². The van der Waals surface area contributed by atoms with Crippen LogP contribution in [-0.4, -0.2) is 41.7 Å². The molecule has 0 heterocycles. The molecular formula is C19H32O6. The van der Waals surface area contributed by atoms with Crippen molar-refractivity contribution in [3.05, 3.63) is 0 Å². The number of carboxylic acids is 2. The molecule has 6 heteroatoms. The third kappa shape index (κ3) is 18.6. The highest BCUT2D eigenvalue weighted by molar-refractivity contribution is 5.68. The van der Waals surface area contributed by atoms with Crippen LogP contribution in [0.4, 0.5) is 0 Å².